The lowest BCUT2D eigenvalue weighted by molar-refractivity contribution is -0.160. The molecule has 0 N–H and O–H groups in total. The first-order chi connectivity index (χ1) is 6.15. The molecule has 0 fully saturated rings. The van der Waals surface area contributed by atoms with Crippen LogP contribution in [0.15, 0.2) is 0 Å². The third-order valence-corrected chi connectivity index (χ3v) is 1.89. The van der Waals surface area contributed by atoms with Crippen LogP contribution in [0.1, 0.15) is 40.5 Å². The molecule has 0 radical (unpaired) electrons. The zero-order chi connectivity index (χ0) is 10.3. The maximum atomic E-state index is 11.3. The minimum Gasteiger partial charge on any atom is -0.464 e. The number of ether oxygens (including phenoxy) is 2. The standard InChI is InChI=1S/C10H20O3/c1-5-8(4)13-9(6-2)10(11)12-7-3/h8-9H,5-7H2,1-4H3. The Hall–Kier alpha value is -0.570. The highest BCUT2D eigenvalue weighted by atomic mass is 16.6. The first kappa shape index (κ1) is 12.4. The summed E-state index contributed by atoms with van der Waals surface area (Å²) in [5.74, 6) is -0.245. The number of esters is 1. The molecule has 0 bridgehead atoms. The zero-order valence-electron chi connectivity index (χ0n) is 9.00. The Morgan fingerprint density at radius 3 is 2.23 bits per heavy atom. The van der Waals surface area contributed by atoms with Gasteiger partial charge in [-0.05, 0) is 26.7 Å². The lowest BCUT2D eigenvalue weighted by Gasteiger charge is -2.18. The number of hydrogen-bond acceptors (Lipinski definition) is 3. The molecule has 0 aliphatic rings. The molecule has 2 unspecified atom stereocenters. The van der Waals surface area contributed by atoms with E-state index in [9.17, 15) is 4.79 Å². The van der Waals surface area contributed by atoms with Gasteiger partial charge in [0.1, 0.15) is 0 Å². The van der Waals surface area contributed by atoms with Crippen LogP contribution in [0.5, 0.6) is 0 Å². The normalized spacial score (nSPS) is 15.1. The molecule has 0 amide bonds. The average molecular weight is 188 g/mol. The van der Waals surface area contributed by atoms with Gasteiger partial charge in [-0.1, -0.05) is 13.8 Å². The van der Waals surface area contributed by atoms with Gasteiger partial charge in [0.2, 0.25) is 0 Å². The predicted octanol–water partition coefficient (Wildman–Crippen LogP) is 2.14. The van der Waals surface area contributed by atoms with Crippen LogP contribution in [0.4, 0.5) is 0 Å². The minimum atomic E-state index is -0.394. The molecule has 0 saturated carbocycles. The number of rotatable bonds is 6. The third kappa shape index (κ3) is 4.88. The van der Waals surface area contributed by atoms with Crippen molar-refractivity contribution in [2.45, 2.75) is 52.7 Å². The van der Waals surface area contributed by atoms with Crippen LogP contribution in [0, 0.1) is 0 Å². The van der Waals surface area contributed by atoms with Gasteiger partial charge in [-0.2, -0.15) is 0 Å². The molecule has 3 heteroatoms. The molecule has 0 rings (SSSR count). The quantitative estimate of drug-likeness (QED) is 0.599. The van der Waals surface area contributed by atoms with Gasteiger partial charge in [0.15, 0.2) is 6.10 Å². The lowest BCUT2D eigenvalue weighted by Crippen LogP contribution is -2.29. The van der Waals surface area contributed by atoms with E-state index >= 15 is 0 Å². The van der Waals surface area contributed by atoms with Crippen LogP contribution in [-0.2, 0) is 14.3 Å². The second-order valence-electron chi connectivity index (χ2n) is 3.00. The molecule has 0 spiro atoms. The molecule has 0 aromatic heterocycles. The molecule has 78 valence electrons. The van der Waals surface area contributed by atoms with Crippen molar-refractivity contribution in [2.24, 2.45) is 0 Å². The van der Waals surface area contributed by atoms with E-state index in [1.54, 1.807) is 6.92 Å². The molecule has 0 aliphatic heterocycles. The van der Waals surface area contributed by atoms with Crippen LogP contribution in [-0.4, -0.2) is 24.8 Å². The Morgan fingerprint density at radius 2 is 1.85 bits per heavy atom. The molecule has 2 atom stereocenters. The summed E-state index contributed by atoms with van der Waals surface area (Å²) in [4.78, 5) is 11.3. The van der Waals surface area contributed by atoms with Gasteiger partial charge >= 0.3 is 5.97 Å². The maximum Gasteiger partial charge on any atom is 0.335 e. The summed E-state index contributed by atoms with van der Waals surface area (Å²) in [5, 5.41) is 0. The van der Waals surface area contributed by atoms with E-state index in [1.807, 2.05) is 20.8 Å². The fourth-order valence-electron chi connectivity index (χ4n) is 0.930. The Kier molecular flexibility index (Phi) is 6.59. The van der Waals surface area contributed by atoms with Gasteiger partial charge in [-0.15, -0.1) is 0 Å². The molecule has 0 aliphatic carbocycles. The Bertz CT molecular complexity index is 145. The van der Waals surface area contributed by atoms with Crippen LogP contribution in [0.2, 0.25) is 0 Å². The van der Waals surface area contributed by atoms with E-state index < -0.39 is 6.10 Å². The third-order valence-electron chi connectivity index (χ3n) is 1.89. The van der Waals surface area contributed by atoms with Gasteiger partial charge in [-0.25, -0.2) is 4.79 Å². The van der Waals surface area contributed by atoms with Crippen molar-refractivity contribution >= 4 is 5.97 Å². The molecule has 3 nitrogen and oxygen atoms in total. The first-order valence-corrected chi connectivity index (χ1v) is 4.97. The Labute approximate surface area is 80.4 Å². The summed E-state index contributed by atoms with van der Waals surface area (Å²) >= 11 is 0. The highest BCUT2D eigenvalue weighted by Crippen LogP contribution is 2.07. The maximum absolute atomic E-state index is 11.3. The monoisotopic (exact) mass is 188 g/mol. The Balaban J connectivity index is 3.94. The summed E-state index contributed by atoms with van der Waals surface area (Å²) in [6.45, 7) is 8.13. The topological polar surface area (TPSA) is 35.5 Å². The van der Waals surface area contributed by atoms with Crippen LogP contribution in [0.3, 0.4) is 0 Å². The summed E-state index contributed by atoms with van der Waals surface area (Å²) in [6.07, 6.45) is 1.31. The second kappa shape index (κ2) is 6.89. The van der Waals surface area contributed by atoms with Crippen LogP contribution >= 0.6 is 0 Å². The van der Waals surface area contributed by atoms with Crippen molar-refractivity contribution in [3.8, 4) is 0 Å². The summed E-state index contributed by atoms with van der Waals surface area (Å²) in [6, 6.07) is 0. The van der Waals surface area contributed by atoms with Crippen molar-refractivity contribution in [1.82, 2.24) is 0 Å². The van der Waals surface area contributed by atoms with E-state index in [0.29, 0.717) is 13.0 Å². The fourth-order valence-corrected chi connectivity index (χ4v) is 0.930. The van der Waals surface area contributed by atoms with Gasteiger partial charge in [-0.3, -0.25) is 0 Å². The Morgan fingerprint density at radius 1 is 1.23 bits per heavy atom. The predicted molar refractivity (Wildman–Crippen MR) is 51.6 cm³/mol. The second-order valence-corrected chi connectivity index (χ2v) is 3.00. The van der Waals surface area contributed by atoms with Crippen LogP contribution in [0.25, 0.3) is 0 Å². The van der Waals surface area contributed by atoms with Gasteiger partial charge in [0, 0.05) is 0 Å². The van der Waals surface area contributed by atoms with E-state index in [-0.39, 0.29) is 12.1 Å². The van der Waals surface area contributed by atoms with Crippen LogP contribution < -0.4 is 0 Å². The van der Waals surface area contributed by atoms with Crippen molar-refractivity contribution in [3.05, 3.63) is 0 Å². The SMILES string of the molecule is CCOC(=O)C(CC)OC(C)CC. The molecule has 13 heavy (non-hydrogen) atoms. The van der Waals surface area contributed by atoms with Crippen molar-refractivity contribution in [1.29, 1.82) is 0 Å². The van der Waals surface area contributed by atoms with Crippen molar-refractivity contribution < 1.29 is 14.3 Å². The summed E-state index contributed by atoms with van der Waals surface area (Å²) in [7, 11) is 0. The molecule has 0 heterocycles. The number of carbonyl (C=O) groups is 1. The summed E-state index contributed by atoms with van der Waals surface area (Å²) < 4.78 is 10.4. The number of hydrogen-bond donors (Lipinski definition) is 0. The van der Waals surface area contributed by atoms with E-state index in [1.165, 1.54) is 0 Å². The number of carbonyl (C=O) groups excluding carboxylic acids is 1. The minimum absolute atomic E-state index is 0.120. The van der Waals surface area contributed by atoms with Crippen molar-refractivity contribution in [3.63, 3.8) is 0 Å². The van der Waals surface area contributed by atoms with Crippen molar-refractivity contribution in [2.75, 3.05) is 6.61 Å². The zero-order valence-corrected chi connectivity index (χ0v) is 9.00. The highest BCUT2D eigenvalue weighted by molar-refractivity contribution is 5.74. The molecular weight excluding hydrogens is 168 g/mol. The first-order valence-electron chi connectivity index (χ1n) is 4.97. The average Bonchev–Trinajstić information content (AvgIpc) is 2.14. The van der Waals surface area contributed by atoms with E-state index in [2.05, 4.69) is 0 Å². The highest BCUT2D eigenvalue weighted by Gasteiger charge is 2.19. The lowest BCUT2D eigenvalue weighted by atomic mass is 10.2. The molecule has 0 aromatic carbocycles. The molecule has 0 aromatic rings. The fraction of sp³-hybridized carbons (Fsp3) is 0.900. The summed E-state index contributed by atoms with van der Waals surface area (Å²) in [5.41, 5.74) is 0. The molecular formula is C10H20O3. The molecule has 0 saturated heterocycles. The van der Waals surface area contributed by atoms with Gasteiger partial charge in [0.05, 0.1) is 12.7 Å². The van der Waals surface area contributed by atoms with E-state index in [0.717, 1.165) is 6.42 Å². The largest absolute Gasteiger partial charge is 0.464 e. The van der Waals surface area contributed by atoms with Gasteiger partial charge < -0.3 is 9.47 Å². The smallest absolute Gasteiger partial charge is 0.335 e. The van der Waals surface area contributed by atoms with E-state index in [4.69, 9.17) is 9.47 Å². The van der Waals surface area contributed by atoms with Gasteiger partial charge in [0.25, 0.3) is 0 Å².